The van der Waals surface area contributed by atoms with Gasteiger partial charge in [0.15, 0.2) is 0 Å². The third-order valence-electron chi connectivity index (χ3n) is 4.88. The van der Waals surface area contributed by atoms with Gasteiger partial charge in [0.05, 0.1) is 11.9 Å². The van der Waals surface area contributed by atoms with E-state index in [1.807, 2.05) is 17.1 Å². The molecular formula is C17H29N7. The highest BCUT2D eigenvalue weighted by molar-refractivity contribution is 5.16. The number of nitrogens with zero attached hydrogens (tertiary/aromatic N) is 6. The van der Waals surface area contributed by atoms with Gasteiger partial charge in [0.2, 0.25) is 0 Å². The van der Waals surface area contributed by atoms with Crippen LogP contribution in [0.2, 0.25) is 0 Å². The zero-order valence-corrected chi connectivity index (χ0v) is 14.9. The van der Waals surface area contributed by atoms with Gasteiger partial charge in [-0.05, 0) is 38.6 Å². The lowest BCUT2D eigenvalue weighted by Gasteiger charge is -2.32. The number of hydrogen-bond acceptors (Lipinski definition) is 5. The van der Waals surface area contributed by atoms with Crippen molar-refractivity contribution in [3.8, 4) is 0 Å². The van der Waals surface area contributed by atoms with Crippen LogP contribution in [0.25, 0.3) is 0 Å². The van der Waals surface area contributed by atoms with Crippen LogP contribution >= 0.6 is 0 Å². The maximum absolute atomic E-state index is 5.61. The Morgan fingerprint density at radius 2 is 2.25 bits per heavy atom. The van der Waals surface area contributed by atoms with Gasteiger partial charge in [0.25, 0.3) is 0 Å². The van der Waals surface area contributed by atoms with E-state index in [9.17, 15) is 0 Å². The van der Waals surface area contributed by atoms with Gasteiger partial charge >= 0.3 is 0 Å². The van der Waals surface area contributed by atoms with Crippen LogP contribution in [-0.4, -0.2) is 42.8 Å². The molecule has 1 aliphatic heterocycles. The van der Waals surface area contributed by atoms with Crippen molar-refractivity contribution in [2.45, 2.75) is 59.3 Å². The van der Waals surface area contributed by atoms with E-state index in [-0.39, 0.29) is 0 Å². The minimum absolute atomic E-state index is 0.456. The SMILES string of the molecule is CCCn1ncc(CN2CCCC(Cn3cc(CN)nn3)C2)c1C. The van der Waals surface area contributed by atoms with Crippen molar-refractivity contribution in [3.63, 3.8) is 0 Å². The molecule has 1 saturated heterocycles. The van der Waals surface area contributed by atoms with Crippen molar-refractivity contribution in [2.24, 2.45) is 11.7 Å². The average molecular weight is 331 g/mol. The largest absolute Gasteiger partial charge is 0.325 e. The maximum atomic E-state index is 5.61. The van der Waals surface area contributed by atoms with E-state index in [1.54, 1.807) is 0 Å². The molecule has 0 aliphatic carbocycles. The first-order valence-electron chi connectivity index (χ1n) is 9.02. The fraction of sp³-hybridized carbons (Fsp3) is 0.706. The summed E-state index contributed by atoms with van der Waals surface area (Å²) >= 11 is 0. The first-order valence-corrected chi connectivity index (χ1v) is 9.02. The van der Waals surface area contributed by atoms with Gasteiger partial charge < -0.3 is 5.73 Å². The monoisotopic (exact) mass is 331 g/mol. The predicted molar refractivity (Wildman–Crippen MR) is 93.2 cm³/mol. The molecule has 2 aromatic rings. The Bertz CT molecular complexity index is 645. The second kappa shape index (κ2) is 7.90. The molecule has 3 heterocycles. The summed E-state index contributed by atoms with van der Waals surface area (Å²) in [4.78, 5) is 2.55. The molecule has 0 aromatic carbocycles. The Kier molecular flexibility index (Phi) is 5.63. The van der Waals surface area contributed by atoms with E-state index in [2.05, 4.69) is 38.8 Å². The van der Waals surface area contributed by atoms with E-state index >= 15 is 0 Å². The summed E-state index contributed by atoms with van der Waals surface area (Å²) < 4.78 is 4.07. The molecule has 24 heavy (non-hydrogen) atoms. The molecule has 7 nitrogen and oxygen atoms in total. The third kappa shape index (κ3) is 4.02. The summed E-state index contributed by atoms with van der Waals surface area (Å²) in [6.45, 7) is 10.0. The highest BCUT2D eigenvalue weighted by atomic mass is 15.4. The molecule has 1 atom stereocenters. The number of nitrogens with two attached hydrogens (primary N) is 1. The highest BCUT2D eigenvalue weighted by Crippen LogP contribution is 2.21. The van der Waals surface area contributed by atoms with Crippen LogP contribution in [0.5, 0.6) is 0 Å². The van der Waals surface area contributed by atoms with Crippen LogP contribution in [0, 0.1) is 12.8 Å². The molecule has 0 spiro atoms. The topological polar surface area (TPSA) is 77.8 Å². The average Bonchev–Trinajstić information content (AvgIpc) is 3.17. The Morgan fingerprint density at radius 1 is 1.38 bits per heavy atom. The smallest absolute Gasteiger partial charge is 0.0962 e. The lowest BCUT2D eigenvalue weighted by Crippen LogP contribution is -2.36. The third-order valence-corrected chi connectivity index (χ3v) is 4.88. The lowest BCUT2D eigenvalue weighted by atomic mass is 9.97. The predicted octanol–water partition coefficient (Wildman–Crippen LogP) is 1.56. The van der Waals surface area contributed by atoms with Crippen molar-refractivity contribution >= 4 is 0 Å². The van der Waals surface area contributed by atoms with E-state index in [1.165, 1.54) is 30.6 Å². The second-order valence-corrected chi connectivity index (χ2v) is 6.86. The van der Waals surface area contributed by atoms with E-state index in [4.69, 9.17) is 5.73 Å². The highest BCUT2D eigenvalue weighted by Gasteiger charge is 2.22. The van der Waals surface area contributed by atoms with Gasteiger partial charge in [0, 0.05) is 50.2 Å². The Labute approximate surface area is 143 Å². The van der Waals surface area contributed by atoms with Crippen LogP contribution in [0.15, 0.2) is 12.4 Å². The van der Waals surface area contributed by atoms with Gasteiger partial charge in [-0.2, -0.15) is 5.10 Å². The van der Waals surface area contributed by atoms with Gasteiger partial charge in [-0.25, -0.2) is 0 Å². The second-order valence-electron chi connectivity index (χ2n) is 6.86. The summed E-state index contributed by atoms with van der Waals surface area (Å²) in [6.07, 6.45) is 7.63. The molecule has 132 valence electrons. The first kappa shape index (κ1) is 17.1. The van der Waals surface area contributed by atoms with Crippen LogP contribution in [0.4, 0.5) is 0 Å². The Morgan fingerprint density at radius 3 is 3.00 bits per heavy atom. The summed E-state index contributed by atoms with van der Waals surface area (Å²) in [5.41, 5.74) is 9.14. The van der Waals surface area contributed by atoms with Crippen molar-refractivity contribution in [1.29, 1.82) is 0 Å². The van der Waals surface area contributed by atoms with E-state index in [0.717, 1.165) is 38.3 Å². The first-order chi connectivity index (χ1) is 11.7. The quantitative estimate of drug-likeness (QED) is 0.833. The zero-order chi connectivity index (χ0) is 16.9. The van der Waals surface area contributed by atoms with E-state index < -0.39 is 0 Å². The van der Waals surface area contributed by atoms with Crippen molar-refractivity contribution < 1.29 is 0 Å². The minimum atomic E-state index is 0.456. The fourth-order valence-electron chi connectivity index (χ4n) is 3.55. The fourth-order valence-corrected chi connectivity index (χ4v) is 3.55. The molecule has 1 fully saturated rings. The Balaban J connectivity index is 1.57. The normalized spacial score (nSPS) is 19.0. The number of rotatable bonds is 7. The number of aryl methyl sites for hydroxylation is 1. The van der Waals surface area contributed by atoms with Crippen LogP contribution in [-0.2, 0) is 26.2 Å². The van der Waals surface area contributed by atoms with Crippen molar-refractivity contribution in [1.82, 2.24) is 29.7 Å². The molecule has 0 radical (unpaired) electrons. The summed E-state index contributed by atoms with van der Waals surface area (Å²) in [7, 11) is 0. The van der Waals surface area contributed by atoms with Gasteiger partial charge in [-0.1, -0.05) is 12.1 Å². The molecule has 0 bridgehead atoms. The molecule has 3 rings (SSSR count). The standard InChI is InChI=1S/C17H29N7/c1-3-6-24-14(2)16(9-19-24)12-22-7-4-5-15(10-22)11-23-13-17(8-18)20-21-23/h9,13,15H,3-8,10-12,18H2,1-2H3. The summed E-state index contributed by atoms with van der Waals surface area (Å²) in [5, 5.41) is 12.8. The molecule has 7 heteroatoms. The number of aromatic nitrogens is 5. The molecule has 0 amide bonds. The minimum Gasteiger partial charge on any atom is -0.325 e. The number of likely N-dealkylation sites (tertiary alicyclic amines) is 1. The molecule has 2 aromatic heterocycles. The number of hydrogen-bond donors (Lipinski definition) is 1. The molecular weight excluding hydrogens is 302 g/mol. The van der Waals surface area contributed by atoms with Gasteiger partial charge in [-0.15, -0.1) is 5.10 Å². The molecule has 1 aliphatic rings. The van der Waals surface area contributed by atoms with Gasteiger partial charge in [-0.3, -0.25) is 14.3 Å². The van der Waals surface area contributed by atoms with Crippen LogP contribution in [0.3, 0.4) is 0 Å². The maximum Gasteiger partial charge on any atom is 0.0962 e. The number of piperidine rings is 1. The lowest BCUT2D eigenvalue weighted by molar-refractivity contribution is 0.152. The summed E-state index contributed by atoms with van der Waals surface area (Å²) in [6, 6.07) is 0. The van der Waals surface area contributed by atoms with Gasteiger partial charge in [0.1, 0.15) is 0 Å². The molecule has 2 N–H and O–H groups in total. The van der Waals surface area contributed by atoms with E-state index in [0.29, 0.717) is 12.5 Å². The molecule has 0 saturated carbocycles. The Hall–Kier alpha value is -1.73. The zero-order valence-electron chi connectivity index (χ0n) is 14.9. The summed E-state index contributed by atoms with van der Waals surface area (Å²) in [5.74, 6) is 0.622. The molecule has 1 unspecified atom stereocenters. The van der Waals surface area contributed by atoms with Crippen LogP contribution < -0.4 is 5.73 Å². The van der Waals surface area contributed by atoms with Crippen LogP contribution in [0.1, 0.15) is 43.1 Å². The van der Waals surface area contributed by atoms with Crippen molar-refractivity contribution in [3.05, 3.63) is 29.3 Å². The van der Waals surface area contributed by atoms with Crippen molar-refractivity contribution in [2.75, 3.05) is 13.1 Å².